The fraction of sp³-hybridized carbons (Fsp3) is 0.0769. The summed E-state index contributed by atoms with van der Waals surface area (Å²) in [6, 6.07) is 94.1. The van der Waals surface area contributed by atoms with Gasteiger partial charge >= 0.3 is 0 Å². The van der Waals surface area contributed by atoms with Crippen molar-refractivity contribution in [2.75, 3.05) is 0 Å². The van der Waals surface area contributed by atoms with Gasteiger partial charge in [-0.2, -0.15) is 0 Å². The van der Waals surface area contributed by atoms with Crippen molar-refractivity contribution in [3.05, 3.63) is 277 Å². The third kappa shape index (κ3) is 6.52. The van der Waals surface area contributed by atoms with Crippen LogP contribution in [0.1, 0.15) is 49.9 Å². The molecule has 17 rings (SSSR count). The fourth-order valence-electron chi connectivity index (χ4n) is 14.6. The predicted octanol–water partition coefficient (Wildman–Crippen LogP) is 21.1. The molecule has 3 heteroatoms. The van der Waals surface area contributed by atoms with E-state index >= 15 is 0 Å². The number of aromatic nitrogens is 2. The van der Waals surface area contributed by atoms with Gasteiger partial charge < -0.3 is 13.6 Å². The lowest BCUT2D eigenvalue weighted by molar-refractivity contribution is 0.600. The van der Waals surface area contributed by atoms with Gasteiger partial charge in [-0.25, -0.2) is 0 Å². The van der Waals surface area contributed by atoms with Crippen molar-refractivity contribution in [3.8, 4) is 78.1 Å². The number of nitrogens with zero attached hydrogens (tertiary/aromatic N) is 2. The van der Waals surface area contributed by atoms with Crippen LogP contribution in [0.25, 0.3) is 144 Å². The second kappa shape index (κ2) is 16.8. The Morgan fingerprint density at radius 2 is 0.654 bits per heavy atom. The van der Waals surface area contributed by atoms with E-state index in [0.717, 1.165) is 11.2 Å². The second-order valence-corrected chi connectivity index (χ2v) is 23.6. The van der Waals surface area contributed by atoms with E-state index in [2.05, 4.69) is 292 Å². The van der Waals surface area contributed by atoms with Crippen molar-refractivity contribution in [2.24, 2.45) is 0 Å². The van der Waals surface area contributed by atoms with Crippen molar-refractivity contribution in [1.29, 1.82) is 0 Å². The summed E-state index contributed by atoms with van der Waals surface area (Å²) in [5.74, 6) is 0. The van der Waals surface area contributed by atoms with Crippen molar-refractivity contribution in [2.45, 2.75) is 38.5 Å². The molecule has 0 aliphatic heterocycles. The Bertz CT molecular complexity index is 5120. The first-order valence-electron chi connectivity index (χ1n) is 28.4. The normalized spacial score (nSPS) is 13.9. The van der Waals surface area contributed by atoms with Crippen LogP contribution >= 0.6 is 0 Å². The molecule has 0 radical (unpaired) electrons. The maximum absolute atomic E-state index is 7.10. The van der Waals surface area contributed by atoms with Gasteiger partial charge in [-0.15, -0.1) is 0 Å². The highest BCUT2D eigenvalue weighted by Crippen LogP contribution is 2.63. The summed E-state index contributed by atoms with van der Waals surface area (Å²) in [5.41, 5.74) is 28.8. The van der Waals surface area contributed by atoms with Gasteiger partial charge in [0.25, 0.3) is 0 Å². The molecule has 0 amide bonds. The van der Waals surface area contributed by atoms with Crippen molar-refractivity contribution in [3.63, 3.8) is 0 Å². The van der Waals surface area contributed by atoms with Gasteiger partial charge in [-0.05, 0) is 162 Å². The van der Waals surface area contributed by atoms with Crippen LogP contribution in [0.3, 0.4) is 0 Å². The molecule has 3 heterocycles. The molecule has 382 valence electrons. The Kier molecular flexibility index (Phi) is 9.53. The smallest absolute Gasteiger partial charge is 0.144 e. The molecule has 0 atom stereocenters. The number of benzene rings is 12. The molecule has 3 nitrogen and oxygen atoms in total. The quantitative estimate of drug-likeness (QED) is 0.163. The average Bonchev–Trinajstić information content (AvgIpc) is 2.14. The third-order valence-electron chi connectivity index (χ3n) is 18.5. The first-order chi connectivity index (χ1) is 39.7. The molecule has 2 aliphatic rings. The molecular formula is C78H54N2O. The highest BCUT2D eigenvalue weighted by molar-refractivity contribution is 6.21. The second-order valence-electron chi connectivity index (χ2n) is 23.6. The highest BCUT2D eigenvalue weighted by Gasteiger charge is 2.48. The van der Waals surface area contributed by atoms with E-state index in [4.69, 9.17) is 4.42 Å². The van der Waals surface area contributed by atoms with Crippen molar-refractivity contribution in [1.82, 2.24) is 9.13 Å². The van der Waals surface area contributed by atoms with Crippen LogP contribution in [-0.2, 0) is 10.8 Å². The zero-order valence-electron chi connectivity index (χ0n) is 45.6. The fourth-order valence-corrected chi connectivity index (χ4v) is 14.6. The Morgan fingerprint density at radius 3 is 1.14 bits per heavy atom. The number of hydrogen-bond acceptors (Lipinski definition) is 1. The number of rotatable bonds is 6. The number of hydrogen-bond donors (Lipinski definition) is 0. The van der Waals surface area contributed by atoms with Crippen molar-refractivity contribution < 1.29 is 4.42 Å². The van der Waals surface area contributed by atoms with E-state index in [1.807, 2.05) is 0 Å². The van der Waals surface area contributed by atoms with Crippen LogP contribution in [0.15, 0.2) is 259 Å². The monoisotopic (exact) mass is 1030 g/mol. The summed E-state index contributed by atoms with van der Waals surface area (Å²) in [7, 11) is 0. The lowest BCUT2D eigenvalue weighted by Crippen LogP contribution is -2.24. The molecule has 0 spiro atoms. The topological polar surface area (TPSA) is 23.0 Å². The first-order valence-corrected chi connectivity index (χ1v) is 28.4. The Hall–Kier alpha value is -9.96. The van der Waals surface area contributed by atoms with E-state index in [0.29, 0.717) is 0 Å². The predicted molar refractivity (Wildman–Crippen MR) is 339 cm³/mol. The molecule has 0 saturated heterocycles. The zero-order valence-corrected chi connectivity index (χ0v) is 45.6. The van der Waals surface area contributed by atoms with E-state index < -0.39 is 0 Å². The van der Waals surface area contributed by atoms with Crippen LogP contribution < -0.4 is 0 Å². The number of fused-ring (bicyclic) bond motifs is 18. The molecule has 12 aromatic carbocycles. The maximum Gasteiger partial charge on any atom is 0.144 e. The minimum Gasteiger partial charge on any atom is -0.455 e. The molecule has 3 aromatic heterocycles. The molecule has 0 bridgehead atoms. The molecule has 0 N–H and O–H groups in total. The van der Waals surface area contributed by atoms with Gasteiger partial charge in [0.15, 0.2) is 0 Å². The minimum absolute atomic E-state index is 0.303. The summed E-state index contributed by atoms with van der Waals surface area (Å²) in [6.07, 6.45) is 0. The van der Waals surface area contributed by atoms with E-state index in [1.54, 1.807) is 0 Å². The third-order valence-corrected chi connectivity index (χ3v) is 18.5. The summed E-state index contributed by atoms with van der Waals surface area (Å²) in [5, 5.41) is 7.43. The van der Waals surface area contributed by atoms with E-state index in [9.17, 15) is 0 Å². The molecule has 0 unspecified atom stereocenters. The molecule has 0 fully saturated rings. The molecule has 81 heavy (non-hydrogen) atoms. The van der Waals surface area contributed by atoms with E-state index in [-0.39, 0.29) is 10.8 Å². The Balaban J connectivity index is 0.732. The lowest BCUT2D eigenvalue weighted by Gasteiger charge is -2.31. The van der Waals surface area contributed by atoms with Crippen molar-refractivity contribution >= 4 is 65.6 Å². The van der Waals surface area contributed by atoms with E-state index in [1.165, 1.54) is 155 Å². The number of furan rings is 1. The number of para-hydroxylation sites is 5. The highest BCUT2D eigenvalue weighted by atomic mass is 16.3. The Morgan fingerprint density at radius 1 is 0.296 bits per heavy atom. The summed E-state index contributed by atoms with van der Waals surface area (Å²) >= 11 is 0. The average molecular weight is 1040 g/mol. The lowest BCUT2D eigenvalue weighted by atomic mass is 9.71. The van der Waals surface area contributed by atoms with Gasteiger partial charge in [-0.3, -0.25) is 0 Å². The van der Waals surface area contributed by atoms with Crippen LogP contribution in [0.2, 0.25) is 0 Å². The van der Waals surface area contributed by atoms with Crippen LogP contribution in [0.5, 0.6) is 0 Å². The van der Waals surface area contributed by atoms with Crippen LogP contribution in [0.4, 0.5) is 0 Å². The Labute approximate surface area is 470 Å². The van der Waals surface area contributed by atoms with Gasteiger partial charge in [-0.1, -0.05) is 204 Å². The molecule has 2 aliphatic carbocycles. The first kappa shape index (κ1) is 46.0. The van der Waals surface area contributed by atoms with Gasteiger partial charge in [0.1, 0.15) is 11.2 Å². The van der Waals surface area contributed by atoms with Gasteiger partial charge in [0, 0.05) is 60.1 Å². The van der Waals surface area contributed by atoms with Crippen LogP contribution in [0, 0.1) is 0 Å². The zero-order chi connectivity index (χ0) is 53.9. The molecule has 0 saturated carbocycles. The molecule has 15 aromatic rings. The molecular weight excluding hydrogens is 981 g/mol. The SMILES string of the molecule is CC1(C)c2cc(-c3ccc(-c4ccc5c(c4)c4ccccc4n5-c4ccccc4)cc3)ccc2-c2c1c1c(c3c2oc2ccccc23)-c2ccc(-c3ccc(-c4ccc5c(c4)c4ccccc4n5-c4ccccc4)cc3)cc2C1(C)C. The largest absolute Gasteiger partial charge is 0.455 e. The summed E-state index contributed by atoms with van der Waals surface area (Å²) in [6.45, 7) is 9.79. The minimum atomic E-state index is -0.316. The standard InChI is InChI=1S/C78H54N2O/c1-77(2)64-45-53(49-31-27-47(28-32-49)51-37-41-68-62(43-51)57-21-11-14-24-66(57)79(68)55-17-7-5-8-18-55)35-39-59(64)71-72-61-23-13-16-26-70(61)81-76(72)73-60-40-36-54(46-65(60)78(3,4)75(73)74(71)77)50-33-29-48(30-34-50)52-38-42-69-63(44-52)58-22-12-15-25-67(58)80(69)56-19-9-6-10-20-56/h5-46H,1-4H3. The summed E-state index contributed by atoms with van der Waals surface area (Å²) in [4.78, 5) is 0. The van der Waals surface area contributed by atoms with Gasteiger partial charge in [0.2, 0.25) is 0 Å². The maximum atomic E-state index is 7.10. The van der Waals surface area contributed by atoms with Crippen LogP contribution in [-0.4, -0.2) is 9.13 Å². The summed E-state index contributed by atoms with van der Waals surface area (Å²) < 4.78 is 11.9. The van der Waals surface area contributed by atoms with Gasteiger partial charge in [0.05, 0.1) is 22.1 Å².